The number of thioether (sulfide) groups is 1. The second-order valence-electron chi connectivity index (χ2n) is 5.78. The highest BCUT2D eigenvalue weighted by atomic mass is 32.2. The maximum absolute atomic E-state index is 12.3. The molecule has 24 heavy (non-hydrogen) atoms. The van der Waals surface area contributed by atoms with Crippen molar-refractivity contribution in [2.45, 2.75) is 23.9 Å². The van der Waals surface area contributed by atoms with E-state index in [1.54, 1.807) is 16.6 Å². The Kier molecular flexibility index (Phi) is 4.21. The fourth-order valence-electron chi connectivity index (χ4n) is 3.02. The zero-order valence-electron chi connectivity index (χ0n) is 13.2. The molecule has 0 spiro atoms. The number of carbonyl (C=O) groups excluding carboxylic acids is 1. The van der Waals surface area contributed by atoms with Crippen molar-refractivity contribution in [1.82, 2.24) is 19.9 Å². The number of carbonyl (C=O) groups is 1. The third-order valence-electron chi connectivity index (χ3n) is 4.21. The fraction of sp³-hybridized carbons (Fsp3) is 0.278. The molecule has 1 aromatic heterocycles. The normalized spacial score (nSPS) is 17.8. The molecule has 1 aliphatic heterocycles. The smallest absolute Gasteiger partial charge is 0.224 e. The summed E-state index contributed by atoms with van der Waals surface area (Å²) in [4.78, 5) is 17.1. The molecule has 0 saturated carbocycles. The molecule has 4 rings (SSSR count). The van der Waals surface area contributed by atoms with Gasteiger partial charge in [-0.25, -0.2) is 0 Å². The molecule has 1 amide bonds. The van der Waals surface area contributed by atoms with Crippen LogP contribution in [0.1, 0.15) is 19.0 Å². The Labute approximate surface area is 144 Å². The molecule has 3 aromatic rings. The Morgan fingerprint density at radius 2 is 1.67 bits per heavy atom. The highest BCUT2D eigenvalue weighted by Gasteiger charge is 2.33. The molecule has 0 N–H and O–H groups in total. The molecular formula is C18H18N4OS. The van der Waals surface area contributed by atoms with Crippen molar-refractivity contribution >= 4 is 28.7 Å². The van der Waals surface area contributed by atoms with Gasteiger partial charge in [0.1, 0.15) is 17.2 Å². The van der Waals surface area contributed by atoms with E-state index in [9.17, 15) is 4.79 Å². The zero-order valence-corrected chi connectivity index (χ0v) is 14.0. The lowest BCUT2D eigenvalue weighted by Crippen LogP contribution is -2.33. The maximum Gasteiger partial charge on any atom is 0.224 e. The second kappa shape index (κ2) is 6.65. The average molecular weight is 338 g/mol. The van der Waals surface area contributed by atoms with E-state index in [0.29, 0.717) is 13.0 Å². The van der Waals surface area contributed by atoms with Crippen LogP contribution in [0.3, 0.4) is 0 Å². The minimum absolute atomic E-state index is 0.0683. The Morgan fingerprint density at radius 3 is 2.38 bits per heavy atom. The molecule has 0 radical (unpaired) electrons. The molecule has 6 heteroatoms. The number of aromatic nitrogens is 3. The molecule has 1 atom stereocenters. The van der Waals surface area contributed by atoms with Crippen LogP contribution >= 0.6 is 11.8 Å². The lowest BCUT2D eigenvalue weighted by Gasteiger charge is -2.23. The van der Waals surface area contributed by atoms with Crippen LogP contribution in [0.2, 0.25) is 0 Å². The highest BCUT2D eigenvalue weighted by molar-refractivity contribution is 7.99. The van der Waals surface area contributed by atoms with Gasteiger partial charge in [0.05, 0.1) is 0 Å². The second-order valence-corrected chi connectivity index (χ2v) is 6.95. The summed E-state index contributed by atoms with van der Waals surface area (Å²) in [6, 6.07) is 18.1. The number of benzene rings is 2. The summed E-state index contributed by atoms with van der Waals surface area (Å²) >= 11 is 1.77. The molecule has 0 bridgehead atoms. The number of amides is 1. The van der Waals surface area contributed by atoms with Crippen molar-refractivity contribution in [2.24, 2.45) is 0 Å². The molecule has 1 fully saturated rings. The van der Waals surface area contributed by atoms with E-state index < -0.39 is 0 Å². The molecule has 1 unspecified atom stereocenters. The van der Waals surface area contributed by atoms with Crippen LogP contribution in [0.25, 0.3) is 11.0 Å². The average Bonchev–Trinajstić information content (AvgIpc) is 3.19. The van der Waals surface area contributed by atoms with Gasteiger partial charge in [-0.15, -0.1) is 11.8 Å². The van der Waals surface area contributed by atoms with E-state index in [2.05, 4.69) is 22.3 Å². The highest BCUT2D eigenvalue weighted by Crippen LogP contribution is 2.28. The summed E-state index contributed by atoms with van der Waals surface area (Å²) in [6.45, 7) is 0.709. The summed E-state index contributed by atoms with van der Waals surface area (Å²) < 4.78 is 0. The van der Waals surface area contributed by atoms with Crippen molar-refractivity contribution in [3.8, 4) is 0 Å². The molecule has 122 valence electrons. The summed E-state index contributed by atoms with van der Waals surface area (Å²) in [5.41, 5.74) is 1.74. The van der Waals surface area contributed by atoms with Gasteiger partial charge >= 0.3 is 0 Å². The molecule has 2 aromatic carbocycles. The fourth-order valence-corrected chi connectivity index (χ4v) is 3.89. The van der Waals surface area contributed by atoms with Crippen molar-refractivity contribution in [2.75, 3.05) is 12.3 Å². The SMILES string of the molecule is O=C1CCC(n2nc3ccccc3n2)N1CCSc1ccccc1. The molecule has 1 aliphatic rings. The van der Waals surface area contributed by atoms with Crippen molar-refractivity contribution in [1.29, 1.82) is 0 Å². The number of nitrogens with zero attached hydrogens (tertiary/aromatic N) is 4. The van der Waals surface area contributed by atoms with Crippen LogP contribution in [0, 0.1) is 0 Å². The van der Waals surface area contributed by atoms with Gasteiger partial charge < -0.3 is 4.90 Å². The van der Waals surface area contributed by atoms with Gasteiger partial charge in [0.2, 0.25) is 5.91 Å². The van der Waals surface area contributed by atoms with Gasteiger partial charge in [0.25, 0.3) is 0 Å². The number of fused-ring (bicyclic) bond motifs is 1. The molecule has 2 heterocycles. The van der Waals surface area contributed by atoms with E-state index in [4.69, 9.17) is 0 Å². The minimum Gasteiger partial charge on any atom is -0.318 e. The summed E-state index contributed by atoms with van der Waals surface area (Å²) in [7, 11) is 0. The quantitative estimate of drug-likeness (QED) is 0.670. The number of hydrogen-bond donors (Lipinski definition) is 0. The van der Waals surface area contributed by atoms with Crippen LogP contribution in [0.15, 0.2) is 59.5 Å². The summed E-state index contributed by atoms with van der Waals surface area (Å²) in [5, 5.41) is 9.10. The first kappa shape index (κ1) is 15.2. The third kappa shape index (κ3) is 3.01. The zero-order chi connectivity index (χ0) is 16.4. The van der Waals surface area contributed by atoms with Crippen LogP contribution in [-0.4, -0.2) is 38.1 Å². The van der Waals surface area contributed by atoms with Gasteiger partial charge in [-0.3, -0.25) is 4.79 Å². The van der Waals surface area contributed by atoms with Gasteiger partial charge in [0, 0.05) is 23.6 Å². The lowest BCUT2D eigenvalue weighted by molar-refractivity contribution is -0.130. The first-order valence-electron chi connectivity index (χ1n) is 8.10. The maximum atomic E-state index is 12.3. The van der Waals surface area contributed by atoms with Gasteiger partial charge in [-0.05, 0) is 30.7 Å². The van der Waals surface area contributed by atoms with E-state index in [0.717, 1.165) is 23.2 Å². The largest absolute Gasteiger partial charge is 0.318 e. The number of likely N-dealkylation sites (tertiary alicyclic amines) is 1. The van der Waals surface area contributed by atoms with E-state index in [1.165, 1.54) is 4.90 Å². The third-order valence-corrected chi connectivity index (χ3v) is 5.20. The van der Waals surface area contributed by atoms with Gasteiger partial charge in [-0.1, -0.05) is 30.3 Å². The standard InChI is InChI=1S/C18H18N4OS/c23-18-11-10-17(22-19-15-8-4-5-9-16(15)20-22)21(18)12-13-24-14-6-2-1-3-7-14/h1-9,17H,10-13H2. The van der Waals surface area contributed by atoms with Crippen molar-refractivity contribution in [3.05, 3.63) is 54.6 Å². The van der Waals surface area contributed by atoms with E-state index >= 15 is 0 Å². The Morgan fingerprint density at radius 1 is 1.00 bits per heavy atom. The molecular weight excluding hydrogens is 320 g/mol. The topological polar surface area (TPSA) is 51.0 Å². The first-order chi connectivity index (χ1) is 11.8. The molecule has 0 aliphatic carbocycles. The first-order valence-corrected chi connectivity index (χ1v) is 9.09. The minimum atomic E-state index is -0.0683. The number of hydrogen-bond acceptors (Lipinski definition) is 4. The van der Waals surface area contributed by atoms with Crippen molar-refractivity contribution in [3.63, 3.8) is 0 Å². The van der Waals surface area contributed by atoms with Crippen LogP contribution in [0.5, 0.6) is 0 Å². The monoisotopic (exact) mass is 338 g/mol. The van der Waals surface area contributed by atoms with E-state index in [1.807, 2.05) is 47.4 Å². The number of rotatable bonds is 5. The predicted octanol–water partition coefficient (Wildman–Crippen LogP) is 3.34. The summed E-state index contributed by atoms with van der Waals surface area (Å²) in [5.74, 6) is 1.06. The molecule has 1 saturated heterocycles. The Balaban J connectivity index is 1.47. The van der Waals surface area contributed by atoms with Gasteiger partial charge in [0.15, 0.2) is 0 Å². The van der Waals surface area contributed by atoms with Gasteiger partial charge in [-0.2, -0.15) is 15.0 Å². The predicted molar refractivity (Wildman–Crippen MR) is 94.7 cm³/mol. The van der Waals surface area contributed by atoms with Crippen LogP contribution in [-0.2, 0) is 4.79 Å². The summed E-state index contributed by atoms with van der Waals surface area (Å²) in [6.07, 6.45) is 1.27. The van der Waals surface area contributed by atoms with Crippen molar-refractivity contribution < 1.29 is 4.79 Å². The van der Waals surface area contributed by atoms with Crippen LogP contribution in [0.4, 0.5) is 0 Å². The Bertz CT molecular complexity index is 815. The molecule has 5 nitrogen and oxygen atoms in total. The Hall–Kier alpha value is -2.34. The van der Waals surface area contributed by atoms with Crippen LogP contribution < -0.4 is 0 Å². The lowest BCUT2D eigenvalue weighted by atomic mass is 10.3. The van der Waals surface area contributed by atoms with E-state index in [-0.39, 0.29) is 12.1 Å².